The lowest BCUT2D eigenvalue weighted by Gasteiger charge is -2.12. The summed E-state index contributed by atoms with van der Waals surface area (Å²) in [4.78, 5) is 10.5. The molecule has 0 radical (unpaired) electrons. The molecule has 0 N–H and O–H groups in total. The van der Waals surface area contributed by atoms with Crippen LogP contribution in [0.25, 0.3) is 0 Å². The molecule has 112 valence electrons. The minimum Gasteiger partial charge on any atom is -0.486 e. The zero-order valence-electron chi connectivity index (χ0n) is 13.0. The second-order valence-corrected chi connectivity index (χ2v) is 5.33. The standard InChI is InChI=1S/C18H28O2/c1-3-5-7-9-16-11-12-18(20-14-13-19)17(15-16)10-8-6-4-2/h11-13,15H,3-10,14H2,1-2H3. The summed E-state index contributed by atoms with van der Waals surface area (Å²) < 4.78 is 5.53. The molecule has 0 aliphatic carbocycles. The van der Waals surface area contributed by atoms with Gasteiger partial charge in [0.05, 0.1) is 0 Å². The van der Waals surface area contributed by atoms with Gasteiger partial charge in [-0.25, -0.2) is 0 Å². The van der Waals surface area contributed by atoms with Gasteiger partial charge in [-0.15, -0.1) is 0 Å². The molecular formula is C18H28O2. The van der Waals surface area contributed by atoms with Crippen LogP contribution in [0.2, 0.25) is 0 Å². The van der Waals surface area contributed by atoms with Crippen molar-refractivity contribution < 1.29 is 9.53 Å². The van der Waals surface area contributed by atoms with Crippen molar-refractivity contribution >= 4 is 6.29 Å². The highest BCUT2D eigenvalue weighted by Crippen LogP contribution is 2.23. The van der Waals surface area contributed by atoms with Crippen molar-refractivity contribution in [2.45, 2.75) is 65.2 Å². The normalized spacial score (nSPS) is 10.5. The maximum absolute atomic E-state index is 10.5. The number of hydrogen-bond acceptors (Lipinski definition) is 2. The number of rotatable bonds is 11. The van der Waals surface area contributed by atoms with E-state index >= 15 is 0 Å². The fraction of sp³-hybridized carbons (Fsp3) is 0.611. The summed E-state index contributed by atoms with van der Waals surface area (Å²) in [5.41, 5.74) is 2.65. The molecule has 0 aromatic heterocycles. The number of carbonyl (C=O) groups excluding carboxylic acids is 1. The second-order valence-electron chi connectivity index (χ2n) is 5.33. The van der Waals surface area contributed by atoms with Gasteiger partial charge in [0, 0.05) is 0 Å². The van der Waals surface area contributed by atoms with Gasteiger partial charge in [0.2, 0.25) is 0 Å². The lowest BCUT2D eigenvalue weighted by molar-refractivity contribution is -0.109. The van der Waals surface area contributed by atoms with E-state index < -0.39 is 0 Å². The third-order valence-corrected chi connectivity index (χ3v) is 3.55. The van der Waals surface area contributed by atoms with Crippen molar-refractivity contribution in [3.63, 3.8) is 0 Å². The molecule has 0 fully saturated rings. The van der Waals surface area contributed by atoms with Crippen LogP contribution in [0.1, 0.15) is 63.5 Å². The zero-order chi connectivity index (χ0) is 14.6. The summed E-state index contributed by atoms with van der Waals surface area (Å²) in [6, 6.07) is 6.44. The third-order valence-electron chi connectivity index (χ3n) is 3.55. The number of unbranched alkanes of at least 4 members (excludes halogenated alkanes) is 4. The van der Waals surface area contributed by atoms with Crippen LogP contribution in [-0.4, -0.2) is 12.9 Å². The second kappa shape index (κ2) is 10.5. The fourth-order valence-corrected chi connectivity index (χ4v) is 2.39. The third kappa shape index (κ3) is 6.23. The Morgan fingerprint density at radius 3 is 2.35 bits per heavy atom. The number of carbonyl (C=O) groups is 1. The Bertz CT molecular complexity index is 385. The molecule has 0 saturated carbocycles. The summed E-state index contributed by atoms with van der Waals surface area (Å²) in [6.07, 6.45) is 10.4. The summed E-state index contributed by atoms with van der Waals surface area (Å²) >= 11 is 0. The van der Waals surface area contributed by atoms with E-state index in [0.717, 1.165) is 24.9 Å². The van der Waals surface area contributed by atoms with Crippen LogP contribution in [-0.2, 0) is 17.6 Å². The Morgan fingerprint density at radius 1 is 1.00 bits per heavy atom. The Balaban J connectivity index is 2.69. The Morgan fingerprint density at radius 2 is 1.70 bits per heavy atom. The predicted octanol–water partition coefficient (Wildman–Crippen LogP) is 4.73. The van der Waals surface area contributed by atoms with E-state index in [-0.39, 0.29) is 6.61 Å². The van der Waals surface area contributed by atoms with Crippen molar-refractivity contribution in [1.82, 2.24) is 0 Å². The lowest BCUT2D eigenvalue weighted by atomic mass is 10.0. The van der Waals surface area contributed by atoms with E-state index in [2.05, 4.69) is 26.0 Å². The van der Waals surface area contributed by atoms with E-state index in [1.807, 2.05) is 6.07 Å². The smallest absolute Gasteiger partial charge is 0.157 e. The van der Waals surface area contributed by atoms with E-state index in [9.17, 15) is 4.79 Å². The van der Waals surface area contributed by atoms with Gasteiger partial charge >= 0.3 is 0 Å². The Hall–Kier alpha value is -1.31. The van der Waals surface area contributed by atoms with Crippen molar-refractivity contribution in [3.8, 4) is 5.75 Å². The molecule has 1 rings (SSSR count). The fourth-order valence-electron chi connectivity index (χ4n) is 2.39. The quantitative estimate of drug-likeness (QED) is 0.431. The summed E-state index contributed by atoms with van der Waals surface area (Å²) in [6.45, 7) is 4.59. The number of ether oxygens (including phenoxy) is 1. The monoisotopic (exact) mass is 276 g/mol. The van der Waals surface area contributed by atoms with Crippen LogP contribution in [0.4, 0.5) is 0 Å². The molecule has 0 unspecified atom stereocenters. The number of benzene rings is 1. The number of aryl methyl sites for hydroxylation is 2. The van der Waals surface area contributed by atoms with Gasteiger partial charge < -0.3 is 4.74 Å². The van der Waals surface area contributed by atoms with Gasteiger partial charge in [0.1, 0.15) is 12.4 Å². The molecule has 20 heavy (non-hydrogen) atoms. The lowest BCUT2D eigenvalue weighted by Crippen LogP contribution is -2.02. The summed E-state index contributed by atoms with van der Waals surface area (Å²) in [7, 11) is 0. The SMILES string of the molecule is CCCCCc1ccc(OCC=O)c(CCCCC)c1. The topological polar surface area (TPSA) is 26.3 Å². The van der Waals surface area contributed by atoms with Gasteiger partial charge in [-0.3, -0.25) is 4.79 Å². The molecule has 0 heterocycles. The highest BCUT2D eigenvalue weighted by Gasteiger charge is 2.05. The maximum atomic E-state index is 10.5. The van der Waals surface area contributed by atoms with Crippen LogP contribution in [0, 0.1) is 0 Å². The molecule has 2 nitrogen and oxygen atoms in total. The average Bonchev–Trinajstić information content (AvgIpc) is 2.47. The first-order valence-electron chi connectivity index (χ1n) is 8.00. The van der Waals surface area contributed by atoms with Gasteiger partial charge in [0.25, 0.3) is 0 Å². The number of hydrogen-bond donors (Lipinski definition) is 0. The van der Waals surface area contributed by atoms with Crippen LogP contribution < -0.4 is 4.74 Å². The molecule has 1 aromatic carbocycles. The molecule has 0 amide bonds. The Labute approximate surface area is 123 Å². The van der Waals surface area contributed by atoms with E-state index in [0.29, 0.717) is 0 Å². The van der Waals surface area contributed by atoms with Crippen LogP contribution in [0.5, 0.6) is 5.75 Å². The minimum atomic E-state index is 0.149. The molecule has 0 spiro atoms. The van der Waals surface area contributed by atoms with Crippen molar-refractivity contribution in [3.05, 3.63) is 29.3 Å². The largest absolute Gasteiger partial charge is 0.486 e. The predicted molar refractivity (Wildman–Crippen MR) is 84.5 cm³/mol. The average molecular weight is 276 g/mol. The van der Waals surface area contributed by atoms with Crippen molar-refractivity contribution in [2.75, 3.05) is 6.61 Å². The summed E-state index contributed by atoms with van der Waals surface area (Å²) in [5.74, 6) is 0.882. The molecule has 0 saturated heterocycles. The molecule has 0 aliphatic rings. The van der Waals surface area contributed by atoms with E-state index in [1.165, 1.54) is 49.7 Å². The zero-order valence-corrected chi connectivity index (χ0v) is 13.0. The maximum Gasteiger partial charge on any atom is 0.157 e. The molecular weight excluding hydrogens is 248 g/mol. The van der Waals surface area contributed by atoms with Gasteiger partial charge in [-0.05, 0) is 42.9 Å². The number of aldehydes is 1. The van der Waals surface area contributed by atoms with Crippen LogP contribution in [0.3, 0.4) is 0 Å². The molecule has 0 aliphatic heterocycles. The first kappa shape index (κ1) is 16.7. The van der Waals surface area contributed by atoms with Gasteiger partial charge in [-0.2, -0.15) is 0 Å². The Kier molecular flexibility index (Phi) is 8.77. The van der Waals surface area contributed by atoms with Gasteiger partial charge in [0.15, 0.2) is 6.29 Å². The molecule has 2 heteroatoms. The van der Waals surface area contributed by atoms with Gasteiger partial charge in [-0.1, -0.05) is 51.7 Å². The minimum absolute atomic E-state index is 0.149. The van der Waals surface area contributed by atoms with E-state index in [1.54, 1.807) is 0 Å². The highest BCUT2D eigenvalue weighted by molar-refractivity contribution is 5.52. The van der Waals surface area contributed by atoms with Crippen LogP contribution in [0.15, 0.2) is 18.2 Å². The van der Waals surface area contributed by atoms with Crippen LogP contribution >= 0.6 is 0 Å². The molecule has 0 bridgehead atoms. The molecule has 0 atom stereocenters. The van der Waals surface area contributed by atoms with E-state index in [4.69, 9.17) is 4.74 Å². The van der Waals surface area contributed by atoms with Crippen molar-refractivity contribution in [2.24, 2.45) is 0 Å². The molecule has 1 aromatic rings. The first-order valence-corrected chi connectivity index (χ1v) is 8.00. The summed E-state index contributed by atoms with van der Waals surface area (Å²) in [5, 5.41) is 0. The highest BCUT2D eigenvalue weighted by atomic mass is 16.5. The first-order chi connectivity index (χ1) is 9.81. The van der Waals surface area contributed by atoms with Crippen molar-refractivity contribution in [1.29, 1.82) is 0 Å².